The zero-order valence-electron chi connectivity index (χ0n) is 8.32. The Morgan fingerprint density at radius 1 is 1.54 bits per heavy atom. The zero-order chi connectivity index (χ0) is 10.5. The molecule has 0 fully saturated rings. The number of rotatable bonds is 5. The number of sulfone groups is 1. The van der Waals surface area contributed by atoms with Crippen molar-refractivity contribution in [3.05, 3.63) is 0 Å². The van der Waals surface area contributed by atoms with Crippen molar-refractivity contribution < 1.29 is 8.42 Å². The molecule has 4 nitrogen and oxygen atoms in total. The van der Waals surface area contributed by atoms with Gasteiger partial charge in [0.2, 0.25) is 0 Å². The van der Waals surface area contributed by atoms with Crippen molar-refractivity contribution in [2.45, 2.75) is 19.4 Å². The summed E-state index contributed by atoms with van der Waals surface area (Å²) in [7, 11) is -1.07. The molecule has 0 saturated carbocycles. The lowest BCUT2D eigenvalue weighted by molar-refractivity contribution is 0.275. The molecule has 0 radical (unpaired) electrons. The van der Waals surface area contributed by atoms with E-state index in [1.54, 1.807) is 0 Å². The first-order valence-electron chi connectivity index (χ1n) is 4.11. The Hall–Kier alpha value is -0.600. The third-order valence-corrected chi connectivity index (χ3v) is 2.88. The number of nitriles is 1. The quantitative estimate of drug-likeness (QED) is 0.644. The standard InChI is InChI=1S/C8H16N2O2S/c1-8(4-5-9)10(2)6-7-13(3,11)12/h8H,4,6-7H2,1-3H3. The van der Waals surface area contributed by atoms with E-state index < -0.39 is 9.84 Å². The van der Waals surface area contributed by atoms with E-state index in [0.717, 1.165) is 0 Å². The zero-order valence-corrected chi connectivity index (χ0v) is 9.13. The van der Waals surface area contributed by atoms with Gasteiger partial charge in [-0.1, -0.05) is 0 Å². The van der Waals surface area contributed by atoms with Crippen LogP contribution in [0.15, 0.2) is 0 Å². The predicted octanol–water partition coefficient (Wildman–Crippen LogP) is 0.265. The molecule has 0 aromatic rings. The molecule has 13 heavy (non-hydrogen) atoms. The number of nitrogens with zero attached hydrogens (tertiary/aromatic N) is 2. The highest BCUT2D eigenvalue weighted by Gasteiger charge is 2.10. The average Bonchev–Trinajstić information content (AvgIpc) is 1.99. The van der Waals surface area contributed by atoms with Crippen LogP contribution in [0.1, 0.15) is 13.3 Å². The van der Waals surface area contributed by atoms with E-state index in [-0.39, 0.29) is 11.8 Å². The second kappa shape index (κ2) is 5.20. The van der Waals surface area contributed by atoms with E-state index in [0.29, 0.717) is 13.0 Å². The van der Waals surface area contributed by atoms with Crippen LogP contribution in [0, 0.1) is 11.3 Å². The molecule has 0 aromatic heterocycles. The normalized spacial score (nSPS) is 14.1. The molecular formula is C8H16N2O2S. The van der Waals surface area contributed by atoms with Crippen LogP contribution in [-0.4, -0.2) is 45.0 Å². The van der Waals surface area contributed by atoms with E-state index in [2.05, 4.69) is 6.07 Å². The maximum atomic E-state index is 10.8. The van der Waals surface area contributed by atoms with Crippen LogP contribution in [0.3, 0.4) is 0 Å². The highest BCUT2D eigenvalue weighted by Crippen LogP contribution is 1.99. The molecule has 0 saturated heterocycles. The van der Waals surface area contributed by atoms with Crippen molar-refractivity contribution in [1.82, 2.24) is 4.90 Å². The molecule has 0 rings (SSSR count). The lowest BCUT2D eigenvalue weighted by atomic mass is 10.2. The van der Waals surface area contributed by atoms with Crippen LogP contribution in [0.25, 0.3) is 0 Å². The van der Waals surface area contributed by atoms with Gasteiger partial charge >= 0.3 is 0 Å². The van der Waals surface area contributed by atoms with E-state index in [4.69, 9.17) is 5.26 Å². The third-order valence-electron chi connectivity index (χ3n) is 1.95. The maximum Gasteiger partial charge on any atom is 0.148 e. The topological polar surface area (TPSA) is 61.2 Å². The summed E-state index contributed by atoms with van der Waals surface area (Å²) in [6.45, 7) is 2.40. The van der Waals surface area contributed by atoms with Gasteiger partial charge in [0.25, 0.3) is 0 Å². The van der Waals surface area contributed by atoms with Gasteiger partial charge in [-0.15, -0.1) is 0 Å². The van der Waals surface area contributed by atoms with Gasteiger partial charge in [-0.2, -0.15) is 5.26 Å². The molecular weight excluding hydrogens is 188 g/mol. The lowest BCUT2D eigenvalue weighted by Gasteiger charge is -2.21. The molecule has 5 heteroatoms. The number of hydrogen-bond acceptors (Lipinski definition) is 4. The maximum absolute atomic E-state index is 10.8. The van der Waals surface area contributed by atoms with Crippen molar-refractivity contribution >= 4 is 9.84 Å². The molecule has 0 N–H and O–H groups in total. The molecule has 1 unspecified atom stereocenters. The van der Waals surface area contributed by atoms with Crippen molar-refractivity contribution in [2.24, 2.45) is 0 Å². The van der Waals surface area contributed by atoms with Gasteiger partial charge in [0.05, 0.1) is 18.2 Å². The molecule has 0 aliphatic carbocycles. The van der Waals surface area contributed by atoms with Gasteiger partial charge in [0.15, 0.2) is 0 Å². The van der Waals surface area contributed by atoms with Crippen LogP contribution in [0.5, 0.6) is 0 Å². The van der Waals surface area contributed by atoms with E-state index in [1.807, 2.05) is 18.9 Å². The van der Waals surface area contributed by atoms with E-state index in [9.17, 15) is 8.42 Å². The fourth-order valence-electron chi connectivity index (χ4n) is 0.818. The van der Waals surface area contributed by atoms with Gasteiger partial charge in [-0.25, -0.2) is 8.42 Å². The monoisotopic (exact) mass is 204 g/mol. The average molecular weight is 204 g/mol. The molecule has 0 spiro atoms. The summed E-state index contributed by atoms with van der Waals surface area (Å²) >= 11 is 0. The Labute approximate surface area is 80.1 Å². The van der Waals surface area contributed by atoms with Gasteiger partial charge in [-0.05, 0) is 14.0 Å². The summed E-state index contributed by atoms with van der Waals surface area (Å²) in [5.74, 6) is 0.152. The summed E-state index contributed by atoms with van der Waals surface area (Å²) in [4.78, 5) is 1.88. The summed E-state index contributed by atoms with van der Waals surface area (Å²) in [5, 5.41) is 8.42. The highest BCUT2D eigenvalue weighted by molar-refractivity contribution is 7.90. The lowest BCUT2D eigenvalue weighted by Crippen LogP contribution is -2.32. The SMILES string of the molecule is CC(CC#N)N(C)CCS(C)(=O)=O. The van der Waals surface area contributed by atoms with Crippen molar-refractivity contribution in [1.29, 1.82) is 5.26 Å². The fourth-order valence-corrected chi connectivity index (χ4v) is 1.44. The first-order chi connectivity index (χ1) is 5.87. The summed E-state index contributed by atoms with van der Waals surface area (Å²) in [5.41, 5.74) is 0. The van der Waals surface area contributed by atoms with Crippen LogP contribution in [-0.2, 0) is 9.84 Å². The molecule has 76 valence electrons. The van der Waals surface area contributed by atoms with E-state index >= 15 is 0 Å². The third kappa shape index (κ3) is 6.55. The molecule has 0 bridgehead atoms. The second-order valence-corrected chi connectivity index (χ2v) is 5.58. The molecule has 0 heterocycles. The minimum absolute atomic E-state index is 0.117. The Balaban J connectivity index is 3.89. The first kappa shape index (κ1) is 12.4. The van der Waals surface area contributed by atoms with Gasteiger partial charge in [0.1, 0.15) is 9.84 Å². The smallest absolute Gasteiger partial charge is 0.148 e. The van der Waals surface area contributed by atoms with Crippen LogP contribution in [0.4, 0.5) is 0 Å². The minimum atomic E-state index is -2.89. The predicted molar refractivity (Wildman–Crippen MR) is 52.0 cm³/mol. The van der Waals surface area contributed by atoms with Crippen LogP contribution >= 0.6 is 0 Å². The van der Waals surface area contributed by atoms with Crippen molar-refractivity contribution in [2.75, 3.05) is 25.6 Å². The minimum Gasteiger partial charge on any atom is -0.302 e. The molecule has 0 aromatic carbocycles. The summed E-state index contributed by atoms with van der Waals surface area (Å²) in [6, 6.07) is 2.17. The molecule has 1 atom stereocenters. The van der Waals surface area contributed by atoms with Gasteiger partial charge in [0, 0.05) is 18.8 Å². The van der Waals surface area contributed by atoms with Crippen molar-refractivity contribution in [3.63, 3.8) is 0 Å². The highest BCUT2D eigenvalue weighted by atomic mass is 32.2. The van der Waals surface area contributed by atoms with Gasteiger partial charge in [-0.3, -0.25) is 0 Å². The second-order valence-electron chi connectivity index (χ2n) is 3.32. The Morgan fingerprint density at radius 2 is 2.08 bits per heavy atom. The largest absolute Gasteiger partial charge is 0.302 e. The molecule has 0 aliphatic heterocycles. The fraction of sp³-hybridized carbons (Fsp3) is 0.875. The van der Waals surface area contributed by atoms with Crippen molar-refractivity contribution in [3.8, 4) is 6.07 Å². The molecule has 0 aliphatic rings. The van der Waals surface area contributed by atoms with Gasteiger partial charge < -0.3 is 4.90 Å². The summed E-state index contributed by atoms with van der Waals surface area (Å²) < 4.78 is 21.6. The van der Waals surface area contributed by atoms with Crippen LogP contribution in [0.2, 0.25) is 0 Å². The Morgan fingerprint density at radius 3 is 2.46 bits per heavy atom. The Kier molecular flexibility index (Phi) is 4.96. The van der Waals surface area contributed by atoms with Crippen LogP contribution < -0.4 is 0 Å². The Bertz CT molecular complexity index is 279. The summed E-state index contributed by atoms with van der Waals surface area (Å²) in [6.07, 6.45) is 1.65. The van der Waals surface area contributed by atoms with E-state index in [1.165, 1.54) is 6.26 Å². The first-order valence-corrected chi connectivity index (χ1v) is 6.18. The molecule has 0 amide bonds. The number of hydrogen-bond donors (Lipinski definition) is 0.